The van der Waals surface area contributed by atoms with Crippen LogP contribution >= 0.6 is 15.9 Å². The first kappa shape index (κ1) is 15.7. The fraction of sp³-hybridized carbons (Fsp3) is 0.111. The van der Waals surface area contributed by atoms with Gasteiger partial charge in [-0.15, -0.1) is 0 Å². The molecule has 0 atom stereocenters. The van der Waals surface area contributed by atoms with Crippen LogP contribution in [0.1, 0.15) is 16.1 Å². The minimum atomic E-state index is -0.172. The molecule has 0 fully saturated rings. The van der Waals surface area contributed by atoms with Crippen LogP contribution in [0.3, 0.4) is 0 Å². The van der Waals surface area contributed by atoms with Crippen LogP contribution in [0.15, 0.2) is 57.5 Å². The zero-order valence-electron chi connectivity index (χ0n) is 13.0. The summed E-state index contributed by atoms with van der Waals surface area (Å²) in [5.74, 6) is 1.82. The van der Waals surface area contributed by atoms with Crippen molar-refractivity contribution in [3.8, 4) is 22.8 Å². The van der Waals surface area contributed by atoms with Gasteiger partial charge in [-0.25, -0.2) is 0 Å². The molecule has 0 radical (unpaired) electrons. The Morgan fingerprint density at radius 3 is 2.88 bits per heavy atom. The van der Waals surface area contributed by atoms with Gasteiger partial charge in [0, 0.05) is 21.7 Å². The molecular weight excluding hydrogens is 388 g/mol. The Morgan fingerprint density at radius 1 is 1.12 bits per heavy atom. The number of hydrogen-bond acceptors (Lipinski definition) is 5. The number of nitrogens with zero attached hydrogens (tertiary/aromatic N) is 1. The van der Waals surface area contributed by atoms with Crippen molar-refractivity contribution in [2.75, 3.05) is 6.79 Å². The molecule has 1 N–H and O–H groups in total. The maximum absolute atomic E-state index is 12.2. The zero-order chi connectivity index (χ0) is 17.2. The van der Waals surface area contributed by atoms with E-state index in [-0.39, 0.29) is 19.2 Å². The lowest BCUT2D eigenvalue weighted by Crippen LogP contribution is -2.22. The van der Waals surface area contributed by atoms with Gasteiger partial charge in [0.15, 0.2) is 17.3 Å². The van der Waals surface area contributed by atoms with Gasteiger partial charge in [-0.05, 0) is 36.4 Å². The molecule has 0 unspecified atom stereocenters. The first-order chi connectivity index (χ1) is 12.2. The smallest absolute Gasteiger partial charge is 0.251 e. The van der Waals surface area contributed by atoms with Crippen LogP contribution < -0.4 is 14.8 Å². The Balaban J connectivity index is 1.44. The van der Waals surface area contributed by atoms with Crippen LogP contribution in [0.2, 0.25) is 0 Å². The Kier molecular flexibility index (Phi) is 4.15. The third kappa shape index (κ3) is 3.36. The molecule has 0 saturated heterocycles. The van der Waals surface area contributed by atoms with Gasteiger partial charge in [-0.2, -0.15) is 0 Å². The van der Waals surface area contributed by atoms with E-state index < -0.39 is 0 Å². The van der Waals surface area contributed by atoms with E-state index in [0.29, 0.717) is 28.5 Å². The number of hydrogen-bond donors (Lipinski definition) is 1. The fourth-order valence-corrected chi connectivity index (χ4v) is 2.88. The highest BCUT2D eigenvalue weighted by molar-refractivity contribution is 9.10. The topological polar surface area (TPSA) is 73.6 Å². The lowest BCUT2D eigenvalue weighted by molar-refractivity contribution is 0.0950. The SMILES string of the molecule is O=C(NCc1cc(-c2ccc3c(c2)OCO3)on1)c1cccc(Br)c1. The second-order valence-corrected chi connectivity index (χ2v) is 6.36. The first-order valence-corrected chi connectivity index (χ1v) is 8.38. The normalized spacial score (nSPS) is 12.2. The van der Waals surface area contributed by atoms with E-state index in [2.05, 4.69) is 26.4 Å². The van der Waals surface area contributed by atoms with E-state index in [9.17, 15) is 4.79 Å². The van der Waals surface area contributed by atoms with Gasteiger partial charge >= 0.3 is 0 Å². The lowest BCUT2D eigenvalue weighted by Gasteiger charge is -2.03. The highest BCUT2D eigenvalue weighted by Crippen LogP contribution is 2.35. The van der Waals surface area contributed by atoms with Crippen LogP contribution in [0, 0.1) is 0 Å². The van der Waals surface area contributed by atoms with Crippen LogP contribution in [0.25, 0.3) is 11.3 Å². The van der Waals surface area contributed by atoms with Crippen LogP contribution in [-0.2, 0) is 6.54 Å². The van der Waals surface area contributed by atoms with Crippen molar-refractivity contribution < 1.29 is 18.8 Å². The second-order valence-electron chi connectivity index (χ2n) is 5.44. The number of carbonyl (C=O) groups is 1. The maximum atomic E-state index is 12.2. The van der Waals surface area contributed by atoms with E-state index >= 15 is 0 Å². The number of nitrogens with one attached hydrogen (secondary N) is 1. The van der Waals surface area contributed by atoms with Crippen molar-refractivity contribution in [1.82, 2.24) is 10.5 Å². The van der Waals surface area contributed by atoms with E-state index in [1.54, 1.807) is 18.2 Å². The van der Waals surface area contributed by atoms with E-state index in [1.165, 1.54) is 0 Å². The summed E-state index contributed by atoms with van der Waals surface area (Å²) in [5.41, 5.74) is 2.05. The molecule has 2 aromatic carbocycles. The molecule has 4 rings (SSSR count). The number of fused-ring (bicyclic) bond motifs is 1. The molecule has 25 heavy (non-hydrogen) atoms. The standard InChI is InChI=1S/C18H13BrN2O4/c19-13-3-1-2-12(6-13)18(22)20-9-14-8-16(25-21-14)11-4-5-15-17(7-11)24-10-23-15/h1-8H,9-10H2,(H,20,22). The van der Waals surface area contributed by atoms with Crippen LogP contribution in [-0.4, -0.2) is 17.9 Å². The maximum Gasteiger partial charge on any atom is 0.251 e. The predicted molar refractivity (Wildman–Crippen MR) is 93.4 cm³/mol. The molecule has 1 aliphatic heterocycles. The summed E-state index contributed by atoms with van der Waals surface area (Å²) >= 11 is 3.35. The summed E-state index contributed by atoms with van der Waals surface area (Å²) in [7, 11) is 0. The molecule has 7 heteroatoms. The lowest BCUT2D eigenvalue weighted by atomic mass is 10.1. The van der Waals surface area contributed by atoms with Crippen LogP contribution in [0.4, 0.5) is 0 Å². The molecule has 0 spiro atoms. The summed E-state index contributed by atoms with van der Waals surface area (Å²) in [4.78, 5) is 12.2. The molecule has 3 aromatic rings. The van der Waals surface area contributed by atoms with Crippen molar-refractivity contribution in [3.05, 3.63) is 64.3 Å². The van der Waals surface area contributed by atoms with E-state index in [4.69, 9.17) is 14.0 Å². The summed E-state index contributed by atoms with van der Waals surface area (Å²) in [6.45, 7) is 0.501. The summed E-state index contributed by atoms with van der Waals surface area (Å²) < 4.78 is 16.9. The van der Waals surface area contributed by atoms with E-state index in [0.717, 1.165) is 10.0 Å². The van der Waals surface area contributed by atoms with Crippen molar-refractivity contribution in [1.29, 1.82) is 0 Å². The number of halogens is 1. The Bertz CT molecular complexity index is 938. The number of carbonyl (C=O) groups excluding carboxylic acids is 1. The van der Waals surface area contributed by atoms with Crippen molar-refractivity contribution in [2.24, 2.45) is 0 Å². The molecule has 1 aromatic heterocycles. The molecule has 2 heterocycles. The zero-order valence-corrected chi connectivity index (χ0v) is 14.6. The second kappa shape index (κ2) is 6.60. The molecule has 126 valence electrons. The molecular formula is C18H13BrN2O4. The summed E-state index contributed by atoms with van der Waals surface area (Å²) in [6, 6.07) is 14.5. The van der Waals surface area contributed by atoms with Crippen molar-refractivity contribution in [3.63, 3.8) is 0 Å². The van der Waals surface area contributed by atoms with Gasteiger partial charge in [-0.1, -0.05) is 27.2 Å². The van der Waals surface area contributed by atoms with Gasteiger partial charge in [0.1, 0.15) is 5.69 Å². The average molecular weight is 401 g/mol. The largest absolute Gasteiger partial charge is 0.454 e. The third-order valence-corrected chi connectivity index (χ3v) is 4.23. The number of rotatable bonds is 4. The molecule has 0 saturated carbocycles. The molecule has 1 aliphatic rings. The number of aromatic nitrogens is 1. The van der Waals surface area contributed by atoms with Gasteiger partial charge in [0.25, 0.3) is 5.91 Å². The highest BCUT2D eigenvalue weighted by Gasteiger charge is 2.16. The van der Waals surface area contributed by atoms with E-state index in [1.807, 2.05) is 30.3 Å². The fourth-order valence-electron chi connectivity index (χ4n) is 2.48. The number of amides is 1. The monoisotopic (exact) mass is 400 g/mol. The summed E-state index contributed by atoms with van der Waals surface area (Å²) in [6.07, 6.45) is 0. The predicted octanol–water partition coefficient (Wildman–Crippen LogP) is 3.76. The minimum Gasteiger partial charge on any atom is -0.454 e. The Morgan fingerprint density at radius 2 is 2.00 bits per heavy atom. The van der Waals surface area contributed by atoms with Gasteiger partial charge in [0.2, 0.25) is 6.79 Å². The summed E-state index contributed by atoms with van der Waals surface area (Å²) in [5, 5.41) is 6.82. The average Bonchev–Trinajstić information content (AvgIpc) is 3.28. The molecule has 0 bridgehead atoms. The Hall–Kier alpha value is -2.80. The van der Waals surface area contributed by atoms with Gasteiger partial charge in [0.05, 0.1) is 6.54 Å². The molecule has 1 amide bonds. The first-order valence-electron chi connectivity index (χ1n) is 7.58. The Labute approximate surface area is 151 Å². The highest BCUT2D eigenvalue weighted by atomic mass is 79.9. The quantitative estimate of drug-likeness (QED) is 0.721. The minimum absolute atomic E-state index is 0.172. The van der Waals surface area contributed by atoms with Crippen molar-refractivity contribution >= 4 is 21.8 Å². The number of benzene rings is 2. The number of ether oxygens (including phenoxy) is 2. The molecule has 0 aliphatic carbocycles. The third-order valence-electron chi connectivity index (χ3n) is 3.73. The van der Waals surface area contributed by atoms with Crippen molar-refractivity contribution in [2.45, 2.75) is 6.54 Å². The van der Waals surface area contributed by atoms with Gasteiger partial charge in [-0.3, -0.25) is 4.79 Å². The van der Waals surface area contributed by atoms with Gasteiger partial charge < -0.3 is 19.3 Å². The van der Waals surface area contributed by atoms with Crippen LogP contribution in [0.5, 0.6) is 11.5 Å². The molecule has 6 nitrogen and oxygen atoms in total.